The first-order valence-electron chi connectivity index (χ1n) is 4.91. The molecule has 0 spiro atoms. The molecule has 0 radical (unpaired) electrons. The summed E-state index contributed by atoms with van der Waals surface area (Å²) in [5.74, 6) is 0. The topological polar surface area (TPSA) is 47.9 Å². The van der Waals surface area contributed by atoms with E-state index in [0.29, 0.717) is 11.1 Å². The van der Waals surface area contributed by atoms with Gasteiger partial charge in [-0.15, -0.1) is 0 Å². The van der Waals surface area contributed by atoms with Crippen LogP contribution in [0.25, 0.3) is 0 Å². The first-order chi connectivity index (χ1) is 7.29. The summed E-state index contributed by atoms with van der Waals surface area (Å²) < 4.78 is 0. The normalized spacial score (nSPS) is 17.9. The Bertz CT molecular complexity index is 364. The highest BCUT2D eigenvalue weighted by atomic mass is 35.5. The number of nitrogens with one attached hydrogen (secondary N) is 2. The highest BCUT2D eigenvalue weighted by molar-refractivity contribution is 6.30. The van der Waals surface area contributed by atoms with Crippen LogP contribution in [0.2, 0.25) is 5.02 Å². The molecule has 1 heterocycles. The second-order valence-corrected chi connectivity index (χ2v) is 4.07. The number of hydrogen-bond acceptors (Lipinski definition) is 3. The van der Waals surface area contributed by atoms with E-state index in [1.54, 1.807) is 0 Å². The number of halogens is 1. The first-order valence-corrected chi connectivity index (χ1v) is 5.29. The maximum absolute atomic E-state index is 9.05. The van der Waals surface area contributed by atoms with Gasteiger partial charge in [0.1, 0.15) is 6.04 Å². The van der Waals surface area contributed by atoms with Crippen molar-refractivity contribution >= 4 is 11.6 Å². The average molecular weight is 222 g/mol. The third-order valence-electron chi connectivity index (χ3n) is 2.52. The van der Waals surface area contributed by atoms with E-state index in [9.17, 15) is 0 Å². The Morgan fingerprint density at radius 3 is 2.53 bits per heavy atom. The molecule has 1 aromatic rings. The molecular weight excluding hydrogens is 210 g/mol. The molecule has 2 rings (SSSR count). The van der Waals surface area contributed by atoms with E-state index in [4.69, 9.17) is 16.9 Å². The van der Waals surface area contributed by atoms with Crippen LogP contribution in [0.5, 0.6) is 0 Å². The van der Waals surface area contributed by atoms with Crippen LogP contribution in [0.15, 0.2) is 24.3 Å². The molecule has 1 aromatic carbocycles. The highest BCUT2D eigenvalue weighted by Gasteiger charge is 2.21. The molecule has 0 aromatic heterocycles. The van der Waals surface area contributed by atoms with Crippen LogP contribution < -0.4 is 10.6 Å². The molecule has 2 N–H and O–H groups in total. The number of hydrogen-bond donors (Lipinski definition) is 2. The highest BCUT2D eigenvalue weighted by Crippen LogP contribution is 2.16. The zero-order valence-electron chi connectivity index (χ0n) is 8.20. The van der Waals surface area contributed by atoms with Gasteiger partial charge < -0.3 is 5.32 Å². The molecular formula is C11H12ClN3. The van der Waals surface area contributed by atoms with Crippen LogP contribution in [0, 0.1) is 11.3 Å². The predicted molar refractivity (Wildman–Crippen MR) is 59.6 cm³/mol. The zero-order valence-corrected chi connectivity index (χ0v) is 8.96. The van der Waals surface area contributed by atoms with Crippen molar-refractivity contribution in [1.82, 2.24) is 10.6 Å². The second kappa shape index (κ2) is 4.63. The molecule has 0 unspecified atom stereocenters. The molecule has 78 valence electrons. The van der Waals surface area contributed by atoms with Crippen molar-refractivity contribution in [3.05, 3.63) is 34.9 Å². The minimum absolute atomic E-state index is 0.241. The molecule has 0 bridgehead atoms. The van der Waals surface area contributed by atoms with E-state index < -0.39 is 0 Å². The van der Waals surface area contributed by atoms with Crippen LogP contribution in [-0.4, -0.2) is 19.1 Å². The Hall–Kier alpha value is -1.08. The Morgan fingerprint density at radius 1 is 1.40 bits per heavy atom. The van der Waals surface area contributed by atoms with E-state index in [1.165, 1.54) is 0 Å². The van der Waals surface area contributed by atoms with Gasteiger partial charge in [0.2, 0.25) is 0 Å². The summed E-state index contributed by atoms with van der Waals surface area (Å²) in [5, 5.41) is 16.2. The van der Waals surface area contributed by atoms with Gasteiger partial charge in [-0.05, 0) is 17.7 Å². The SMILES string of the molecule is N#C[C@H](NC1CNC1)c1ccc(Cl)cc1. The summed E-state index contributed by atoms with van der Waals surface area (Å²) in [4.78, 5) is 0. The second-order valence-electron chi connectivity index (χ2n) is 3.64. The third-order valence-corrected chi connectivity index (χ3v) is 2.77. The molecule has 0 amide bonds. The molecule has 1 aliphatic heterocycles. The lowest BCUT2D eigenvalue weighted by Gasteiger charge is -2.30. The predicted octanol–water partition coefficient (Wildman–Crippen LogP) is 1.47. The fourth-order valence-corrected chi connectivity index (χ4v) is 1.63. The van der Waals surface area contributed by atoms with Crippen molar-refractivity contribution in [3.63, 3.8) is 0 Å². The van der Waals surface area contributed by atoms with Crippen molar-refractivity contribution < 1.29 is 0 Å². The molecule has 1 atom stereocenters. The summed E-state index contributed by atoms with van der Waals surface area (Å²) in [6.07, 6.45) is 0. The first kappa shape index (κ1) is 10.4. The Morgan fingerprint density at radius 2 is 2.07 bits per heavy atom. The van der Waals surface area contributed by atoms with Crippen LogP contribution in [-0.2, 0) is 0 Å². The van der Waals surface area contributed by atoms with Crippen molar-refractivity contribution in [1.29, 1.82) is 5.26 Å². The molecule has 15 heavy (non-hydrogen) atoms. The average Bonchev–Trinajstić information content (AvgIpc) is 2.19. The van der Waals surface area contributed by atoms with Crippen LogP contribution in [0.4, 0.5) is 0 Å². The van der Waals surface area contributed by atoms with Crippen molar-refractivity contribution in [2.75, 3.05) is 13.1 Å². The number of nitriles is 1. The molecule has 3 nitrogen and oxygen atoms in total. The summed E-state index contributed by atoms with van der Waals surface area (Å²) in [7, 11) is 0. The smallest absolute Gasteiger partial charge is 0.121 e. The quantitative estimate of drug-likeness (QED) is 0.813. The minimum Gasteiger partial charge on any atom is -0.314 e. The largest absolute Gasteiger partial charge is 0.314 e. The van der Waals surface area contributed by atoms with Gasteiger partial charge in [-0.25, -0.2) is 0 Å². The van der Waals surface area contributed by atoms with Gasteiger partial charge in [0.25, 0.3) is 0 Å². The fourth-order valence-electron chi connectivity index (χ4n) is 1.51. The molecule has 0 saturated carbocycles. The van der Waals surface area contributed by atoms with E-state index in [2.05, 4.69) is 16.7 Å². The standard InChI is InChI=1S/C11H12ClN3/c12-9-3-1-8(2-4-9)11(5-13)15-10-6-14-7-10/h1-4,10-11,14-15H,6-7H2/t11-/m0/s1. The Labute approximate surface area is 94.0 Å². The van der Waals surface area contributed by atoms with Crippen molar-refractivity contribution in [2.24, 2.45) is 0 Å². The van der Waals surface area contributed by atoms with Gasteiger partial charge in [-0.3, -0.25) is 5.32 Å². The molecule has 0 aliphatic carbocycles. The maximum Gasteiger partial charge on any atom is 0.121 e. The summed E-state index contributed by atoms with van der Waals surface area (Å²) >= 11 is 5.79. The summed E-state index contributed by atoms with van der Waals surface area (Å²) in [5.41, 5.74) is 0.966. The van der Waals surface area contributed by atoms with E-state index in [1.807, 2.05) is 24.3 Å². The third kappa shape index (κ3) is 2.48. The van der Waals surface area contributed by atoms with E-state index in [-0.39, 0.29) is 6.04 Å². The fraction of sp³-hybridized carbons (Fsp3) is 0.364. The zero-order chi connectivity index (χ0) is 10.7. The summed E-state index contributed by atoms with van der Waals surface area (Å²) in [6.45, 7) is 1.87. The van der Waals surface area contributed by atoms with Crippen molar-refractivity contribution in [2.45, 2.75) is 12.1 Å². The lowest BCUT2D eigenvalue weighted by atomic mass is 10.1. The Kier molecular flexibility index (Phi) is 3.22. The van der Waals surface area contributed by atoms with Gasteiger partial charge in [0.05, 0.1) is 6.07 Å². The lowest BCUT2D eigenvalue weighted by Crippen LogP contribution is -2.55. The van der Waals surface area contributed by atoms with E-state index >= 15 is 0 Å². The van der Waals surface area contributed by atoms with Gasteiger partial charge in [-0.2, -0.15) is 5.26 Å². The Balaban J connectivity index is 2.05. The van der Waals surface area contributed by atoms with Crippen LogP contribution in [0.1, 0.15) is 11.6 Å². The molecule has 4 heteroatoms. The minimum atomic E-state index is -0.241. The van der Waals surface area contributed by atoms with Crippen LogP contribution in [0.3, 0.4) is 0 Å². The van der Waals surface area contributed by atoms with Crippen molar-refractivity contribution in [3.8, 4) is 6.07 Å². The monoisotopic (exact) mass is 221 g/mol. The van der Waals surface area contributed by atoms with Gasteiger partial charge in [0, 0.05) is 24.2 Å². The molecule has 1 fully saturated rings. The maximum atomic E-state index is 9.05. The van der Waals surface area contributed by atoms with Crippen LogP contribution >= 0.6 is 11.6 Å². The van der Waals surface area contributed by atoms with E-state index in [0.717, 1.165) is 18.7 Å². The van der Waals surface area contributed by atoms with Gasteiger partial charge in [-0.1, -0.05) is 23.7 Å². The molecule has 1 aliphatic rings. The lowest BCUT2D eigenvalue weighted by molar-refractivity contribution is 0.352. The number of rotatable bonds is 3. The van der Waals surface area contributed by atoms with Gasteiger partial charge in [0.15, 0.2) is 0 Å². The number of nitrogens with zero attached hydrogens (tertiary/aromatic N) is 1. The number of benzene rings is 1. The summed E-state index contributed by atoms with van der Waals surface area (Å²) in [6, 6.07) is 9.80. The van der Waals surface area contributed by atoms with Gasteiger partial charge >= 0.3 is 0 Å². The molecule has 1 saturated heterocycles.